The Morgan fingerprint density at radius 2 is 2.33 bits per heavy atom. The van der Waals surface area contributed by atoms with Crippen molar-refractivity contribution in [2.24, 2.45) is 5.92 Å². The average Bonchev–Trinajstić information content (AvgIpc) is 2.31. The van der Waals surface area contributed by atoms with Gasteiger partial charge in [-0.15, -0.1) is 0 Å². The third-order valence-corrected chi connectivity index (χ3v) is 2.69. The molecule has 1 aromatic heterocycles. The molecule has 0 aromatic carbocycles. The summed E-state index contributed by atoms with van der Waals surface area (Å²) in [6.45, 7) is 2.19. The lowest BCUT2D eigenvalue weighted by Gasteiger charge is -2.18. The highest BCUT2D eigenvalue weighted by molar-refractivity contribution is 5.85. The Labute approximate surface area is 89.9 Å². The van der Waals surface area contributed by atoms with E-state index in [4.69, 9.17) is 5.41 Å². The van der Waals surface area contributed by atoms with Crippen molar-refractivity contribution in [2.75, 3.05) is 0 Å². The normalized spacial score (nSPS) is 20.5. The molecule has 1 aromatic rings. The molecule has 1 aliphatic carbocycles. The topological polar surface area (TPSA) is 36.7 Å². The molecule has 2 heteroatoms. The molecule has 1 N–H and O–H groups in total. The van der Waals surface area contributed by atoms with Crippen LogP contribution in [0.15, 0.2) is 42.1 Å². The van der Waals surface area contributed by atoms with Crippen LogP contribution in [0.1, 0.15) is 19.0 Å². The van der Waals surface area contributed by atoms with Crippen molar-refractivity contribution >= 4 is 11.8 Å². The molecule has 1 aliphatic rings. The Kier molecular flexibility index (Phi) is 2.77. The minimum Gasteiger partial charge on any atom is -0.308 e. The summed E-state index contributed by atoms with van der Waals surface area (Å²) < 4.78 is 0. The minimum atomic E-state index is 0.489. The van der Waals surface area contributed by atoms with Crippen molar-refractivity contribution in [3.05, 3.63) is 47.8 Å². The van der Waals surface area contributed by atoms with Crippen LogP contribution >= 0.6 is 0 Å². The van der Waals surface area contributed by atoms with Gasteiger partial charge in [0.1, 0.15) is 0 Å². The molecule has 15 heavy (non-hydrogen) atoms. The van der Waals surface area contributed by atoms with Crippen molar-refractivity contribution in [2.45, 2.75) is 13.3 Å². The Balaban J connectivity index is 2.39. The molecule has 2 rings (SSSR count). The summed E-state index contributed by atoms with van der Waals surface area (Å²) in [5.74, 6) is 0.489. The van der Waals surface area contributed by atoms with Crippen molar-refractivity contribution in [3.8, 4) is 0 Å². The second kappa shape index (κ2) is 4.22. The zero-order valence-electron chi connectivity index (χ0n) is 8.77. The number of allylic oxidation sites excluding steroid dienone is 4. The molecule has 0 aliphatic heterocycles. The molecule has 1 atom stereocenters. The minimum absolute atomic E-state index is 0.489. The monoisotopic (exact) mass is 198 g/mol. The Bertz CT molecular complexity index is 415. The van der Waals surface area contributed by atoms with Crippen molar-refractivity contribution in [1.29, 1.82) is 5.41 Å². The largest absolute Gasteiger partial charge is 0.308 e. The van der Waals surface area contributed by atoms with Crippen molar-refractivity contribution in [1.82, 2.24) is 4.98 Å². The maximum absolute atomic E-state index is 7.26. The molecule has 2 nitrogen and oxygen atoms in total. The third-order valence-electron chi connectivity index (χ3n) is 2.69. The maximum atomic E-state index is 7.26. The first-order valence-corrected chi connectivity index (χ1v) is 5.15. The number of aromatic nitrogens is 1. The van der Waals surface area contributed by atoms with Gasteiger partial charge in [0, 0.05) is 12.4 Å². The van der Waals surface area contributed by atoms with Crippen molar-refractivity contribution in [3.63, 3.8) is 0 Å². The zero-order chi connectivity index (χ0) is 10.7. The van der Waals surface area contributed by atoms with Gasteiger partial charge in [-0.1, -0.05) is 19.1 Å². The van der Waals surface area contributed by atoms with Gasteiger partial charge in [-0.05, 0) is 41.7 Å². The van der Waals surface area contributed by atoms with Gasteiger partial charge in [0.2, 0.25) is 0 Å². The van der Waals surface area contributed by atoms with Crippen LogP contribution in [0.2, 0.25) is 0 Å². The highest BCUT2D eigenvalue weighted by Crippen LogP contribution is 2.29. The molecule has 0 bridgehead atoms. The van der Waals surface area contributed by atoms with Gasteiger partial charge in [-0.2, -0.15) is 0 Å². The molecular weight excluding hydrogens is 184 g/mol. The standard InChI is InChI=1S/C13H14N2/c1-10-5-6-11(9-14)8-12(10)13-4-2-3-7-15-13/h2-4,6-10,14H,5H2,1H3. The lowest BCUT2D eigenvalue weighted by atomic mass is 9.88. The van der Waals surface area contributed by atoms with Gasteiger partial charge < -0.3 is 5.41 Å². The second-order valence-electron chi connectivity index (χ2n) is 3.80. The van der Waals surface area contributed by atoms with E-state index in [-0.39, 0.29) is 0 Å². The molecule has 76 valence electrons. The Morgan fingerprint density at radius 3 is 3.00 bits per heavy atom. The van der Waals surface area contributed by atoms with Crippen LogP contribution < -0.4 is 0 Å². The zero-order valence-corrected chi connectivity index (χ0v) is 8.77. The summed E-state index contributed by atoms with van der Waals surface area (Å²) >= 11 is 0. The number of hydrogen-bond donors (Lipinski definition) is 1. The van der Waals surface area contributed by atoms with E-state index in [1.165, 1.54) is 11.8 Å². The van der Waals surface area contributed by atoms with E-state index in [1.807, 2.05) is 24.4 Å². The van der Waals surface area contributed by atoms with Gasteiger partial charge in [0.05, 0.1) is 5.69 Å². The highest BCUT2D eigenvalue weighted by Gasteiger charge is 2.14. The Hall–Kier alpha value is -1.70. The predicted molar refractivity (Wildman–Crippen MR) is 62.9 cm³/mol. The molecule has 0 saturated heterocycles. The average molecular weight is 198 g/mol. The smallest absolute Gasteiger partial charge is 0.0664 e. The first-order valence-electron chi connectivity index (χ1n) is 5.15. The van der Waals surface area contributed by atoms with Crippen LogP contribution in [-0.2, 0) is 0 Å². The van der Waals surface area contributed by atoms with E-state index >= 15 is 0 Å². The number of nitrogens with zero attached hydrogens (tertiary/aromatic N) is 1. The van der Waals surface area contributed by atoms with E-state index in [0.29, 0.717) is 5.92 Å². The number of pyridine rings is 1. The van der Waals surface area contributed by atoms with Crippen molar-refractivity contribution < 1.29 is 0 Å². The predicted octanol–water partition coefficient (Wildman–Crippen LogP) is 3.08. The molecule has 0 amide bonds. The third kappa shape index (κ3) is 2.04. The van der Waals surface area contributed by atoms with Crippen LogP contribution in [0, 0.1) is 11.3 Å². The first kappa shape index (κ1) is 9.84. The summed E-state index contributed by atoms with van der Waals surface area (Å²) in [4.78, 5) is 4.35. The summed E-state index contributed by atoms with van der Waals surface area (Å²) in [6, 6.07) is 5.94. The number of rotatable bonds is 2. The van der Waals surface area contributed by atoms with E-state index in [1.54, 1.807) is 0 Å². The Morgan fingerprint density at radius 1 is 1.47 bits per heavy atom. The second-order valence-corrected chi connectivity index (χ2v) is 3.80. The fourth-order valence-electron chi connectivity index (χ4n) is 1.78. The molecule has 0 spiro atoms. The summed E-state index contributed by atoms with van der Waals surface area (Å²) in [5, 5.41) is 7.26. The van der Waals surface area contributed by atoms with E-state index in [9.17, 15) is 0 Å². The first-order chi connectivity index (χ1) is 7.31. The molecule has 0 radical (unpaired) electrons. The van der Waals surface area contributed by atoms with Gasteiger partial charge in [-0.3, -0.25) is 4.98 Å². The van der Waals surface area contributed by atoms with Gasteiger partial charge >= 0.3 is 0 Å². The summed E-state index contributed by atoms with van der Waals surface area (Å²) in [5.41, 5.74) is 3.24. The fourth-order valence-corrected chi connectivity index (χ4v) is 1.78. The fraction of sp³-hybridized carbons (Fsp3) is 0.231. The van der Waals surface area contributed by atoms with E-state index < -0.39 is 0 Å². The quantitative estimate of drug-likeness (QED) is 0.728. The van der Waals surface area contributed by atoms with E-state index in [0.717, 1.165) is 17.7 Å². The van der Waals surface area contributed by atoms with Gasteiger partial charge in [-0.25, -0.2) is 0 Å². The highest BCUT2D eigenvalue weighted by atomic mass is 14.7. The SMILES string of the molecule is CC1CC=C(C=N)C=C1c1ccccn1. The summed E-state index contributed by atoms with van der Waals surface area (Å²) in [7, 11) is 0. The maximum Gasteiger partial charge on any atom is 0.0664 e. The number of hydrogen-bond acceptors (Lipinski definition) is 2. The van der Waals surface area contributed by atoms with Gasteiger partial charge in [0.25, 0.3) is 0 Å². The lowest BCUT2D eigenvalue weighted by Crippen LogP contribution is -2.04. The van der Waals surface area contributed by atoms with E-state index in [2.05, 4.69) is 24.1 Å². The van der Waals surface area contributed by atoms with Gasteiger partial charge in [0.15, 0.2) is 0 Å². The summed E-state index contributed by atoms with van der Waals surface area (Å²) in [6.07, 6.45) is 8.36. The number of nitrogens with one attached hydrogen (secondary N) is 1. The molecule has 0 fully saturated rings. The molecule has 1 heterocycles. The van der Waals surface area contributed by atoms with Crippen LogP contribution in [-0.4, -0.2) is 11.2 Å². The molecular formula is C13H14N2. The lowest BCUT2D eigenvalue weighted by molar-refractivity contribution is 0.752. The van der Waals surface area contributed by atoms with Crippen LogP contribution in [0.4, 0.5) is 0 Å². The van der Waals surface area contributed by atoms with Crippen LogP contribution in [0.25, 0.3) is 5.57 Å². The molecule has 0 saturated carbocycles. The molecule has 1 unspecified atom stereocenters. The van der Waals surface area contributed by atoms with Crippen LogP contribution in [0.3, 0.4) is 0 Å². The van der Waals surface area contributed by atoms with Crippen LogP contribution in [0.5, 0.6) is 0 Å².